The van der Waals surface area contributed by atoms with Crippen LogP contribution in [0.5, 0.6) is 0 Å². The van der Waals surface area contributed by atoms with Gasteiger partial charge >= 0.3 is 0 Å². The molecular formula is C33H39NO. The van der Waals surface area contributed by atoms with Crippen molar-refractivity contribution in [3.63, 3.8) is 0 Å². The van der Waals surface area contributed by atoms with E-state index >= 15 is 0 Å². The summed E-state index contributed by atoms with van der Waals surface area (Å²) in [5.41, 5.74) is 7.29. The molecule has 0 saturated carbocycles. The molecular weight excluding hydrogens is 426 g/mol. The zero-order valence-corrected chi connectivity index (χ0v) is 21.2. The number of carbonyl (C=O) groups excluding carboxylic acids is 1. The first-order chi connectivity index (χ1) is 17.0. The molecule has 0 N–H and O–H groups in total. The number of ketones is 1. The summed E-state index contributed by atoms with van der Waals surface area (Å²) in [6.07, 6.45) is 9.93. The van der Waals surface area contributed by atoms with Crippen molar-refractivity contribution in [3.8, 4) is 6.07 Å². The van der Waals surface area contributed by atoms with Gasteiger partial charge < -0.3 is 0 Å². The quantitative estimate of drug-likeness (QED) is 0.187. The first-order valence-electron chi connectivity index (χ1n) is 12.9. The van der Waals surface area contributed by atoms with E-state index in [1.165, 1.54) is 30.4 Å². The van der Waals surface area contributed by atoms with E-state index in [0.717, 1.165) is 53.5 Å². The van der Waals surface area contributed by atoms with Gasteiger partial charge in [-0.25, -0.2) is 0 Å². The van der Waals surface area contributed by atoms with Crippen LogP contribution in [-0.4, -0.2) is 5.78 Å². The van der Waals surface area contributed by atoms with E-state index in [1.54, 1.807) is 0 Å². The predicted molar refractivity (Wildman–Crippen MR) is 149 cm³/mol. The molecule has 0 aliphatic heterocycles. The van der Waals surface area contributed by atoms with Gasteiger partial charge in [0.2, 0.25) is 0 Å². The van der Waals surface area contributed by atoms with Crippen LogP contribution in [0, 0.1) is 24.2 Å². The van der Waals surface area contributed by atoms with Crippen molar-refractivity contribution >= 4 is 11.9 Å². The third-order valence-electron chi connectivity index (χ3n) is 6.74. The van der Waals surface area contributed by atoms with Gasteiger partial charge in [-0.3, -0.25) is 4.79 Å². The number of Topliss-reactive ketones (excluding diaryl/α,β-unsaturated/α-hetero) is 1. The van der Waals surface area contributed by atoms with Gasteiger partial charge in [-0.15, -0.1) is 0 Å². The summed E-state index contributed by atoms with van der Waals surface area (Å²) in [7, 11) is 0. The Labute approximate surface area is 212 Å². The van der Waals surface area contributed by atoms with Crippen LogP contribution in [-0.2, 0) is 19.3 Å². The van der Waals surface area contributed by atoms with Crippen LogP contribution in [0.2, 0.25) is 0 Å². The molecule has 0 saturated heterocycles. The smallest absolute Gasteiger partial charge is 0.167 e. The minimum absolute atomic E-state index is 0. The number of hydrogen-bond donors (Lipinski definition) is 0. The monoisotopic (exact) mass is 465 g/mol. The van der Waals surface area contributed by atoms with Crippen molar-refractivity contribution in [1.29, 1.82) is 5.26 Å². The maximum atomic E-state index is 13.2. The molecule has 0 fully saturated rings. The van der Waals surface area contributed by atoms with Crippen LogP contribution in [0.3, 0.4) is 0 Å². The molecule has 0 radical (unpaired) electrons. The molecule has 0 aliphatic carbocycles. The largest absolute Gasteiger partial charge is 0.294 e. The summed E-state index contributed by atoms with van der Waals surface area (Å²) in [5.74, 6) is 0.803. The third kappa shape index (κ3) is 8.08. The Morgan fingerprint density at radius 3 is 2.54 bits per heavy atom. The van der Waals surface area contributed by atoms with Gasteiger partial charge in [0.15, 0.2) is 5.78 Å². The highest BCUT2D eigenvalue weighted by Crippen LogP contribution is 2.23. The molecule has 182 valence electrons. The highest BCUT2D eigenvalue weighted by Gasteiger charge is 2.14. The highest BCUT2D eigenvalue weighted by molar-refractivity contribution is 5.99. The molecule has 1 atom stereocenters. The lowest BCUT2D eigenvalue weighted by Gasteiger charge is -2.17. The Bertz CT molecular complexity index is 1170. The molecule has 3 rings (SSSR count). The van der Waals surface area contributed by atoms with E-state index < -0.39 is 0 Å². The summed E-state index contributed by atoms with van der Waals surface area (Å²) in [4.78, 5) is 13.2. The normalized spacial score (nSPS) is 11.6. The topological polar surface area (TPSA) is 40.9 Å². The third-order valence-corrected chi connectivity index (χ3v) is 6.74. The average Bonchev–Trinajstić information content (AvgIpc) is 2.88. The molecule has 35 heavy (non-hydrogen) atoms. The first-order valence-corrected chi connectivity index (χ1v) is 12.9. The van der Waals surface area contributed by atoms with Crippen molar-refractivity contribution in [1.82, 2.24) is 0 Å². The van der Waals surface area contributed by atoms with Crippen LogP contribution in [0.15, 0.2) is 73.3 Å². The Morgan fingerprint density at radius 1 is 1.03 bits per heavy atom. The van der Waals surface area contributed by atoms with Gasteiger partial charge in [-0.2, -0.15) is 5.26 Å². The van der Waals surface area contributed by atoms with E-state index in [-0.39, 0.29) is 7.21 Å². The van der Waals surface area contributed by atoms with E-state index in [4.69, 9.17) is 0 Å². The molecule has 2 heteroatoms. The lowest BCUT2D eigenvalue weighted by Crippen LogP contribution is -2.08. The molecule has 0 aliphatic rings. The summed E-state index contributed by atoms with van der Waals surface area (Å²) in [6.45, 7) is 8.21. The fourth-order valence-electron chi connectivity index (χ4n) is 4.81. The van der Waals surface area contributed by atoms with Crippen LogP contribution in [0.1, 0.15) is 84.2 Å². The van der Waals surface area contributed by atoms with Gasteiger partial charge in [-0.1, -0.05) is 105 Å². The summed E-state index contributed by atoms with van der Waals surface area (Å²) >= 11 is 0. The van der Waals surface area contributed by atoms with Gasteiger partial charge in [0, 0.05) is 13.4 Å². The van der Waals surface area contributed by atoms with E-state index in [2.05, 4.69) is 50.8 Å². The van der Waals surface area contributed by atoms with E-state index in [0.29, 0.717) is 12.3 Å². The number of aryl methyl sites for hydroxylation is 2. The molecule has 2 nitrogen and oxygen atoms in total. The summed E-state index contributed by atoms with van der Waals surface area (Å²) in [6, 6.07) is 24.6. The SMILES string of the molecule is C=Cc1ccc(C(=O)Cc2ccc(C)cc2)c(CCCCC(CCC)Cc2cccc(C#N)c2)c1.[HH]. The van der Waals surface area contributed by atoms with E-state index in [9.17, 15) is 10.1 Å². The Hall–Kier alpha value is -3.44. The second kappa shape index (κ2) is 13.4. The molecule has 1 unspecified atom stereocenters. The Morgan fingerprint density at radius 2 is 1.83 bits per heavy atom. The molecule has 3 aromatic carbocycles. The summed E-state index contributed by atoms with van der Waals surface area (Å²) < 4.78 is 0. The average molecular weight is 466 g/mol. The van der Waals surface area contributed by atoms with Gasteiger partial charge in [-0.05, 0) is 66.5 Å². The number of hydrogen-bond acceptors (Lipinski definition) is 2. The Kier molecular flexibility index (Phi) is 10.1. The minimum atomic E-state index is 0. The van der Waals surface area contributed by atoms with Crippen LogP contribution >= 0.6 is 0 Å². The van der Waals surface area contributed by atoms with Crippen molar-refractivity contribution in [3.05, 3.63) is 112 Å². The maximum absolute atomic E-state index is 13.2. The Balaban J connectivity index is 0.00000456. The molecule has 0 spiro atoms. The van der Waals surface area contributed by atoms with Crippen molar-refractivity contribution in [2.45, 2.75) is 65.2 Å². The lowest BCUT2D eigenvalue weighted by atomic mass is 9.88. The van der Waals surface area contributed by atoms with Gasteiger partial charge in [0.1, 0.15) is 0 Å². The molecule has 0 heterocycles. The fraction of sp³-hybridized carbons (Fsp3) is 0.333. The number of carbonyl (C=O) groups is 1. The highest BCUT2D eigenvalue weighted by atomic mass is 16.1. The molecule has 0 aromatic heterocycles. The van der Waals surface area contributed by atoms with Crippen LogP contribution < -0.4 is 0 Å². The van der Waals surface area contributed by atoms with Crippen molar-refractivity contribution < 1.29 is 6.22 Å². The zero-order chi connectivity index (χ0) is 25.0. The van der Waals surface area contributed by atoms with E-state index in [1.807, 2.05) is 48.5 Å². The number of unbranched alkanes of at least 4 members (excludes halogenated alkanes) is 1. The number of rotatable bonds is 13. The van der Waals surface area contributed by atoms with Gasteiger partial charge in [0.05, 0.1) is 11.6 Å². The molecule has 3 aromatic rings. The zero-order valence-electron chi connectivity index (χ0n) is 21.2. The lowest BCUT2D eigenvalue weighted by molar-refractivity contribution is 0.0992. The predicted octanol–water partition coefficient (Wildman–Crippen LogP) is 8.55. The number of nitriles is 1. The number of nitrogens with zero attached hydrogens (tertiary/aromatic N) is 1. The molecule has 0 bridgehead atoms. The fourth-order valence-corrected chi connectivity index (χ4v) is 4.81. The first kappa shape index (κ1) is 26.2. The second-order valence-electron chi connectivity index (χ2n) is 9.62. The maximum Gasteiger partial charge on any atom is 0.167 e. The minimum Gasteiger partial charge on any atom is -0.294 e. The van der Waals surface area contributed by atoms with Crippen molar-refractivity contribution in [2.24, 2.45) is 5.92 Å². The van der Waals surface area contributed by atoms with Crippen LogP contribution in [0.4, 0.5) is 0 Å². The van der Waals surface area contributed by atoms with Gasteiger partial charge in [0.25, 0.3) is 0 Å². The second-order valence-corrected chi connectivity index (χ2v) is 9.62. The number of benzene rings is 3. The standard InChI is InChI=1S/C33H37NO.H2/c1-4-9-27(20-29-11-8-12-30(21-29)24-34)10-6-7-13-31-22-26(5-2)18-19-32(31)33(35)23-28-16-14-25(3)15-17-28;/h5,8,11-12,14-19,21-22,27H,2,4,6-7,9-10,13,20,23H2,1,3H3;1H. The molecule has 0 amide bonds. The van der Waals surface area contributed by atoms with Crippen molar-refractivity contribution in [2.75, 3.05) is 0 Å². The van der Waals surface area contributed by atoms with Crippen LogP contribution in [0.25, 0.3) is 6.08 Å². The summed E-state index contributed by atoms with van der Waals surface area (Å²) in [5, 5.41) is 9.19.